The van der Waals surface area contributed by atoms with Gasteiger partial charge in [0, 0.05) is 3.57 Å². The predicted octanol–water partition coefficient (Wildman–Crippen LogP) is 5.75. The summed E-state index contributed by atoms with van der Waals surface area (Å²) in [6, 6.07) is 16.7. The number of nitrogens with one attached hydrogen (secondary N) is 2. The molecule has 4 rings (SSSR count). The minimum atomic E-state index is -0.725. The second-order valence-corrected chi connectivity index (χ2v) is 11.2. The third-order valence-electron chi connectivity index (χ3n) is 5.04. The van der Waals surface area contributed by atoms with Crippen LogP contribution in [0.1, 0.15) is 11.1 Å². The summed E-state index contributed by atoms with van der Waals surface area (Å²) < 4.78 is 22.6. The molecule has 1 saturated heterocycles. The van der Waals surface area contributed by atoms with Crippen LogP contribution >= 0.6 is 67.8 Å². The summed E-state index contributed by atoms with van der Waals surface area (Å²) in [5.41, 5.74) is 1.75. The van der Waals surface area contributed by atoms with E-state index in [1.54, 1.807) is 12.1 Å². The summed E-state index contributed by atoms with van der Waals surface area (Å²) in [5.74, 6) is -1.22. The monoisotopic (exact) mass is 823 g/mol. The Hall–Kier alpha value is -2.27. The molecule has 0 aliphatic carbocycles. The van der Waals surface area contributed by atoms with Gasteiger partial charge in [0.2, 0.25) is 5.91 Å². The molecular weight excluding hydrogens is 806 g/mol. The van der Waals surface area contributed by atoms with Crippen LogP contribution in [-0.2, 0) is 16.2 Å². The van der Waals surface area contributed by atoms with Crippen LogP contribution in [0.4, 0.5) is 14.9 Å². The van der Waals surface area contributed by atoms with E-state index in [-0.39, 0.29) is 11.4 Å². The molecule has 0 bridgehead atoms. The summed E-state index contributed by atoms with van der Waals surface area (Å²) in [4.78, 5) is 38.2. The Morgan fingerprint density at radius 2 is 1.69 bits per heavy atom. The van der Waals surface area contributed by atoms with Gasteiger partial charge in [-0.05, 0) is 121 Å². The minimum Gasteiger partial charge on any atom is -0.487 e. The zero-order valence-electron chi connectivity index (χ0n) is 18.4. The Bertz CT molecular complexity index is 1360. The van der Waals surface area contributed by atoms with E-state index in [1.807, 2.05) is 36.4 Å². The highest BCUT2D eigenvalue weighted by Gasteiger charge is 2.35. The van der Waals surface area contributed by atoms with Gasteiger partial charge < -0.3 is 15.4 Å². The highest BCUT2D eigenvalue weighted by atomic mass is 127. The Labute approximate surface area is 247 Å². The van der Waals surface area contributed by atoms with Crippen LogP contribution in [0.3, 0.4) is 0 Å². The number of hydrogen-bond acceptors (Lipinski definition) is 4. The maximum Gasteiger partial charge on any atom is 0.329 e. The molecule has 7 nitrogen and oxygen atoms in total. The number of carbonyl (C=O) groups excluding carboxylic acids is 3. The highest BCUT2D eigenvalue weighted by Crippen LogP contribution is 2.31. The molecule has 1 heterocycles. The quantitative estimate of drug-likeness (QED) is 0.181. The number of amides is 4. The number of nitrogens with zero attached hydrogens (tertiary/aromatic N) is 1. The molecule has 3 aromatic rings. The maximum absolute atomic E-state index is 13.8. The molecule has 1 aliphatic rings. The third-order valence-corrected chi connectivity index (χ3v) is 7.36. The van der Waals surface area contributed by atoms with Gasteiger partial charge in [-0.1, -0.05) is 24.3 Å². The zero-order chi connectivity index (χ0) is 25.8. The standard InChI is InChI=1S/C25H17FI3N3O4/c26-17-3-1-2-4-20(17)30-22(33)12-32-24(34)21(31-25(32)35)11-15-9-18(28)23(19(29)10-15)36-13-14-5-7-16(27)8-6-14/h1-11H,12-13H2,(H,30,33)(H,31,35)/b21-11+. The van der Waals surface area contributed by atoms with E-state index in [1.165, 1.54) is 18.2 Å². The Balaban J connectivity index is 1.44. The Morgan fingerprint density at radius 1 is 1.03 bits per heavy atom. The van der Waals surface area contributed by atoms with Crippen molar-refractivity contribution in [3.05, 3.63) is 94.0 Å². The second-order valence-electron chi connectivity index (χ2n) is 7.64. The number of rotatable bonds is 7. The van der Waals surface area contributed by atoms with Gasteiger partial charge in [0.05, 0.1) is 12.8 Å². The van der Waals surface area contributed by atoms with Gasteiger partial charge in [0.25, 0.3) is 5.91 Å². The van der Waals surface area contributed by atoms with Crippen LogP contribution < -0.4 is 15.4 Å². The van der Waals surface area contributed by atoms with Gasteiger partial charge in [-0.15, -0.1) is 0 Å². The first-order chi connectivity index (χ1) is 17.2. The van der Waals surface area contributed by atoms with Crippen molar-refractivity contribution in [2.24, 2.45) is 0 Å². The minimum absolute atomic E-state index is 0.0289. The van der Waals surface area contributed by atoms with Gasteiger partial charge in [0.15, 0.2) is 0 Å². The number of benzene rings is 3. The van der Waals surface area contributed by atoms with Crippen LogP contribution in [0.25, 0.3) is 6.08 Å². The van der Waals surface area contributed by atoms with Crippen molar-refractivity contribution in [1.29, 1.82) is 0 Å². The molecule has 4 amide bonds. The van der Waals surface area contributed by atoms with Crippen molar-refractivity contribution in [2.45, 2.75) is 6.61 Å². The number of ether oxygens (including phenoxy) is 1. The number of urea groups is 1. The summed E-state index contributed by atoms with van der Waals surface area (Å²) >= 11 is 6.57. The molecule has 36 heavy (non-hydrogen) atoms. The number of carbonyl (C=O) groups is 3. The summed E-state index contributed by atoms with van der Waals surface area (Å²) in [6.07, 6.45) is 1.54. The first kappa shape index (κ1) is 26.8. The normalized spacial score (nSPS) is 14.2. The predicted molar refractivity (Wildman–Crippen MR) is 159 cm³/mol. The zero-order valence-corrected chi connectivity index (χ0v) is 24.8. The van der Waals surface area contributed by atoms with Crippen LogP contribution in [0.15, 0.2) is 66.4 Å². The SMILES string of the molecule is O=C(CN1C(=O)N/C(=C/c2cc(I)c(OCc3ccc(I)cc3)c(I)c2)C1=O)Nc1ccccc1F. The summed E-state index contributed by atoms with van der Waals surface area (Å²) in [7, 11) is 0. The lowest BCUT2D eigenvalue weighted by Gasteiger charge is -2.12. The van der Waals surface area contributed by atoms with Gasteiger partial charge >= 0.3 is 6.03 Å². The maximum atomic E-state index is 13.8. The molecule has 184 valence electrons. The molecular formula is C25H17FI3N3O4. The average Bonchev–Trinajstić information content (AvgIpc) is 3.08. The number of anilines is 1. The lowest BCUT2D eigenvalue weighted by molar-refractivity contribution is -0.127. The van der Waals surface area contributed by atoms with Crippen molar-refractivity contribution < 1.29 is 23.5 Å². The van der Waals surface area contributed by atoms with E-state index in [4.69, 9.17) is 4.74 Å². The van der Waals surface area contributed by atoms with Crippen molar-refractivity contribution in [3.63, 3.8) is 0 Å². The number of imide groups is 1. The molecule has 0 saturated carbocycles. The topological polar surface area (TPSA) is 87.7 Å². The van der Waals surface area contributed by atoms with Crippen LogP contribution in [0, 0.1) is 16.5 Å². The third kappa shape index (κ3) is 6.53. The lowest BCUT2D eigenvalue weighted by atomic mass is 10.2. The molecule has 1 fully saturated rings. The van der Waals surface area contributed by atoms with Crippen molar-refractivity contribution in [2.75, 3.05) is 11.9 Å². The largest absolute Gasteiger partial charge is 0.487 e. The van der Waals surface area contributed by atoms with Crippen LogP contribution in [0.5, 0.6) is 5.75 Å². The molecule has 0 aromatic heterocycles. The fourth-order valence-corrected chi connectivity index (χ4v) is 5.80. The fourth-order valence-electron chi connectivity index (χ4n) is 3.31. The van der Waals surface area contributed by atoms with Gasteiger partial charge in [-0.25, -0.2) is 14.1 Å². The summed E-state index contributed by atoms with van der Waals surface area (Å²) in [5, 5.41) is 4.86. The first-order valence-electron chi connectivity index (χ1n) is 10.5. The van der Waals surface area contributed by atoms with E-state index >= 15 is 0 Å². The molecule has 3 aromatic carbocycles. The number of hydrogen-bond donors (Lipinski definition) is 2. The molecule has 2 N–H and O–H groups in total. The van der Waals surface area contributed by atoms with Crippen LogP contribution in [0.2, 0.25) is 0 Å². The Kier molecular flexibility index (Phi) is 8.82. The lowest BCUT2D eigenvalue weighted by Crippen LogP contribution is -2.38. The first-order valence-corrected chi connectivity index (χ1v) is 13.7. The van der Waals surface area contributed by atoms with E-state index in [0.29, 0.717) is 12.2 Å². The average molecular weight is 823 g/mol. The van der Waals surface area contributed by atoms with E-state index in [0.717, 1.165) is 26.9 Å². The van der Waals surface area contributed by atoms with Crippen LogP contribution in [-0.4, -0.2) is 29.3 Å². The molecule has 11 heteroatoms. The highest BCUT2D eigenvalue weighted by molar-refractivity contribution is 14.1. The number of para-hydroxylation sites is 1. The Morgan fingerprint density at radius 3 is 2.36 bits per heavy atom. The fraction of sp³-hybridized carbons (Fsp3) is 0.0800. The molecule has 0 radical (unpaired) electrons. The van der Waals surface area contributed by atoms with Crippen molar-refractivity contribution in [3.8, 4) is 5.75 Å². The second kappa shape index (κ2) is 11.9. The molecule has 1 aliphatic heterocycles. The van der Waals surface area contributed by atoms with Gasteiger partial charge in [-0.2, -0.15) is 0 Å². The smallest absolute Gasteiger partial charge is 0.329 e. The van der Waals surface area contributed by atoms with E-state index < -0.39 is 30.2 Å². The van der Waals surface area contributed by atoms with Crippen molar-refractivity contribution >= 4 is 97.4 Å². The van der Waals surface area contributed by atoms with E-state index in [9.17, 15) is 18.8 Å². The van der Waals surface area contributed by atoms with Crippen molar-refractivity contribution in [1.82, 2.24) is 10.2 Å². The molecule has 0 spiro atoms. The summed E-state index contributed by atoms with van der Waals surface area (Å²) in [6.45, 7) is -0.126. The van der Waals surface area contributed by atoms with Gasteiger partial charge in [-0.3, -0.25) is 9.59 Å². The number of halogens is 4. The van der Waals surface area contributed by atoms with Gasteiger partial charge in [0.1, 0.15) is 30.4 Å². The molecule has 0 atom stereocenters. The van der Waals surface area contributed by atoms with E-state index in [2.05, 4.69) is 78.4 Å². The molecule has 0 unspecified atom stereocenters.